The second kappa shape index (κ2) is 6.07. The van der Waals surface area contributed by atoms with Crippen LogP contribution in [0.4, 0.5) is 11.8 Å². The normalized spacial score (nSPS) is 24.1. The highest BCUT2D eigenvalue weighted by molar-refractivity contribution is 5.53. The highest BCUT2D eigenvalue weighted by atomic mass is 16.5. The Morgan fingerprint density at radius 3 is 2.54 bits per heavy atom. The van der Waals surface area contributed by atoms with Crippen molar-refractivity contribution < 1.29 is 4.74 Å². The molecule has 0 N–H and O–H groups in total. The summed E-state index contributed by atoms with van der Waals surface area (Å²) in [6.07, 6.45) is 5.21. The minimum atomic E-state index is 0.626. The van der Waals surface area contributed by atoms with Crippen molar-refractivity contribution in [1.29, 1.82) is 0 Å². The van der Waals surface area contributed by atoms with E-state index in [4.69, 9.17) is 9.72 Å². The molecule has 2 aliphatic heterocycles. The molecule has 136 valence electrons. The number of hydrogen-bond acceptors (Lipinski definition) is 7. The lowest BCUT2D eigenvalue weighted by molar-refractivity contribution is 0.397. The first kappa shape index (κ1) is 15.8. The smallest absolute Gasteiger partial charge is 0.228 e. The molecule has 7 nitrogen and oxygen atoms in total. The fourth-order valence-corrected chi connectivity index (χ4v) is 4.72. The van der Waals surface area contributed by atoms with Crippen molar-refractivity contribution in [1.82, 2.24) is 19.9 Å². The fourth-order valence-electron chi connectivity index (χ4n) is 4.72. The van der Waals surface area contributed by atoms with Crippen molar-refractivity contribution in [2.45, 2.75) is 26.2 Å². The molecule has 2 unspecified atom stereocenters. The first-order chi connectivity index (χ1) is 12.7. The van der Waals surface area contributed by atoms with E-state index >= 15 is 0 Å². The van der Waals surface area contributed by atoms with Crippen LogP contribution in [0.2, 0.25) is 0 Å². The maximum absolute atomic E-state index is 5.24. The molecule has 0 radical (unpaired) electrons. The zero-order valence-corrected chi connectivity index (χ0v) is 15.4. The second-order valence-corrected chi connectivity index (χ2v) is 7.60. The predicted octanol–water partition coefficient (Wildman–Crippen LogP) is 1.64. The van der Waals surface area contributed by atoms with Crippen LogP contribution in [0.15, 0.2) is 12.3 Å². The molecular weight excluding hydrogens is 328 g/mol. The monoisotopic (exact) mass is 352 g/mol. The molecule has 0 bridgehead atoms. The summed E-state index contributed by atoms with van der Waals surface area (Å²) in [6, 6.07) is 1.79. The van der Waals surface area contributed by atoms with Gasteiger partial charge in [0, 0.05) is 61.5 Å². The van der Waals surface area contributed by atoms with Gasteiger partial charge in [-0.1, -0.05) is 0 Å². The van der Waals surface area contributed by atoms with Gasteiger partial charge in [-0.2, -0.15) is 4.98 Å². The Morgan fingerprint density at radius 1 is 1.00 bits per heavy atom. The van der Waals surface area contributed by atoms with Gasteiger partial charge in [-0.25, -0.2) is 15.0 Å². The van der Waals surface area contributed by atoms with Crippen LogP contribution in [-0.4, -0.2) is 53.2 Å². The highest BCUT2D eigenvalue weighted by Crippen LogP contribution is 2.37. The van der Waals surface area contributed by atoms with E-state index in [9.17, 15) is 0 Å². The average Bonchev–Trinajstić information content (AvgIpc) is 3.35. The van der Waals surface area contributed by atoms with E-state index in [1.54, 1.807) is 19.4 Å². The summed E-state index contributed by atoms with van der Waals surface area (Å²) < 4.78 is 5.24. The molecule has 2 aromatic rings. The zero-order chi connectivity index (χ0) is 17.7. The summed E-state index contributed by atoms with van der Waals surface area (Å²) in [5.41, 5.74) is 2.67. The lowest BCUT2D eigenvalue weighted by Crippen LogP contribution is -2.31. The summed E-state index contributed by atoms with van der Waals surface area (Å²) in [7, 11) is 1.64. The lowest BCUT2D eigenvalue weighted by atomic mass is 10.0. The van der Waals surface area contributed by atoms with E-state index in [0.29, 0.717) is 17.7 Å². The molecule has 4 heterocycles. The van der Waals surface area contributed by atoms with Gasteiger partial charge < -0.3 is 14.5 Å². The Bertz CT molecular complexity index is 827. The Balaban J connectivity index is 1.33. The van der Waals surface area contributed by atoms with Gasteiger partial charge in [0.1, 0.15) is 11.6 Å². The molecule has 0 saturated carbocycles. The van der Waals surface area contributed by atoms with Crippen LogP contribution in [0.25, 0.3) is 0 Å². The molecule has 2 atom stereocenters. The summed E-state index contributed by atoms with van der Waals surface area (Å²) in [4.78, 5) is 23.2. The topological polar surface area (TPSA) is 67.3 Å². The van der Waals surface area contributed by atoms with Gasteiger partial charge in [0.05, 0.1) is 7.11 Å². The first-order valence-corrected chi connectivity index (χ1v) is 9.44. The molecule has 0 spiro atoms. The number of methoxy groups -OCH3 is 1. The van der Waals surface area contributed by atoms with Crippen LogP contribution in [0.3, 0.4) is 0 Å². The Labute approximate surface area is 153 Å². The van der Waals surface area contributed by atoms with E-state index < -0.39 is 0 Å². The number of aromatic nitrogens is 4. The molecule has 26 heavy (non-hydrogen) atoms. The molecule has 2 saturated heterocycles. The third kappa shape index (κ3) is 2.57. The molecule has 0 aromatic carbocycles. The zero-order valence-electron chi connectivity index (χ0n) is 15.4. The van der Waals surface area contributed by atoms with Crippen molar-refractivity contribution in [3.8, 4) is 5.88 Å². The average molecular weight is 352 g/mol. The van der Waals surface area contributed by atoms with Crippen LogP contribution < -0.4 is 14.5 Å². The van der Waals surface area contributed by atoms with Crippen LogP contribution in [-0.2, 0) is 12.8 Å². The molecule has 5 rings (SSSR count). The standard InChI is InChI=1S/C19H24N6O/c1-12-21-16-5-3-4-15(16)18(22-12)24-8-13-10-25(11-14(13)9-24)19-20-7-6-17(23-19)26-2/h6-7,13-14H,3-5,8-11H2,1-2H3. The third-order valence-electron chi connectivity index (χ3n) is 5.92. The van der Waals surface area contributed by atoms with E-state index in [0.717, 1.165) is 50.8 Å². The molecule has 7 heteroatoms. The van der Waals surface area contributed by atoms with E-state index in [2.05, 4.69) is 24.8 Å². The van der Waals surface area contributed by atoms with Gasteiger partial charge >= 0.3 is 0 Å². The summed E-state index contributed by atoms with van der Waals surface area (Å²) in [6.45, 7) is 6.14. The molecule has 2 fully saturated rings. The van der Waals surface area contributed by atoms with E-state index in [1.165, 1.54) is 23.5 Å². The SMILES string of the molecule is COc1ccnc(N2CC3CN(c4nc(C)nc5c4CCC5)CC3C2)n1. The molecule has 0 amide bonds. The van der Waals surface area contributed by atoms with E-state index in [-0.39, 0.29) is 0 Å². The van der Waals surface area contributed by atoms with Crippen LogP contribution in [0, 0.1) is 18.8 Å². The summed E-state index contributed by atoms with van der Waals surface area (Å²) in [5, 5.41) is 0. The van der Waals surface area contributed by atoms with Crippen molar-refractivity contribution in [2.24, 2.45) is 11.8 Å². The van der Waals surface area contributed by atoms with Crippen LogP contribution in [0.5, 0.6) is 5.88 Å². The number of ether oxygens (including phenoxy) is 1. The van der Waals surface area contributed by atoms with Crippen molar-refractivity contribution >= 4 is 11.8 Å². The maximum atomic E-state index is 5.24. The Hall–Kier alpha value is -2.44. The minimum Gasteiger partial charge on any atom is -0.481 e. The number of nitrogens with zero attached hydrogens (tertiary/aromatic N) is 6. The second-order valence-electron chi connectivity index (χ2n) is 7.60. The third-order valence-corrected chi connectivity index (χ3v) is 5.92. The largest absolute Gasteiger partial charge is 0.481 e. The molecule has 3 aliphatic rings. The predicted molar refractivity (Wildman–Crippen MR) is 98.8 cm³/mol. The fraction of sp³-hybridized carbons (Fsp3) is 0.579. The highest BCUT2D eigenvalue weighted by Gasteiger charge is 2.42. The van der Waals surface area contributed by atoms with Crippen molar-refractivity contribution in [3.05, 3.63) is 29.3 Å². The lowest BCUT2D eigenvalue weighted by Gasteiger charge is -2.24. The van der Waals surface area contributed by atoms with Gasteiger partial charge in [-0.3, -0.25) is 0 Å². The number of fused-ring (bicyclic) bond motifs is 2. The quantitative estimate of drug-likeness (QED) is 0.832. The van der Waals surface area contributed by atoms with Gasteiger partial charge in [0.25, 0.3) is 0 Å². The Morgan fingerprint density at radius 2 is 1.77 bits per heavy atom. The summed E-state index contributed by atoms with van der Waals surface area (Å²) in [5.74, 6) is 4.78. The minimum absolute atomic E-state index is 0.626. The number of rotatable bonds is 3. The van der Waals surface area contributed by atoms with Gasteiger partial charge in [-0.05, 0) is 26.2 Å². The van der Waals surface area contributed by atoms with Crippen molar-refractivity contribution in [2.75, 3.05) is 43.1 Å². The van der Waals surface area contributed by atoms with Crippen molar-refractivity contribution in [3.63, 3.8) is 0 Å². The van der Waals surface area contributed by atoms with Gasteiger partial charge in [-0.15, -0.1) is 0 Å². The van der Waals surface area contributed by atoms with E-state index in [1.807, 2.05) is 6.92 Å². The number of aryl methyl sites for hydroxylation is 2. The molecular formula is C19H24N6O. The van der Waals surface area contributed by atoms with Crippen LogP contribution >= 0.6 is 0 Å². The summed E-state index contributed by atoms with van der Waals surface area (Å²) >= 11 is 0. The Kier molecular flexibility index (Phi) is 3.69. The molecule has 2 aromatic heterocycles. The number of hydrogen-bond donors (Lipinski definition) is 0. The van der Waals surface area contributed by atoms with Crippen LogP contribution in [0.1, 0.15) is 23.5 Å². The first-order valence-electron chi connectivity index (χ1n) is 9.44. The maximum Gasteiger partial charge on any atom is 0.228 e. The molecule has 1 aliphatic carbocycles. The number of anilines is 2. The van der Waals surface area contributed by atoms with Gasteiger partial charge in [0.15, 0.2) is 0 Å². The van der Waals surface area contributed by atoms with Gasteiger partial charge in [0.2, 0.25) is 11.8 Å².